The molecule has 3 rings (SSSR count). The number of hydrogen-bond donors (Lipinski definition) is 0. The van der Waals surface area contributed by atoms with Crippen LogP contribution in [0.1, 0.15) is 37.3 Å². The molecule has 1 saturated carbocycles. The van der Waals surface area contributed by atoms with E-state index in [9.17, 15) is 0 Å². The van der Waals surface area contributed by atoms with Gasteiger partial charge in [0.1, 0.15) is 12.4 Å². The maximum absolute atomic E-state index is 5.81. The topological polar surface area (TPSA) is 9.23 Å². The van der Waals surface area contributed by atoms with Gasteiger partial charge in [-0.2, -0.15) is 0 Å². The van der Waals surface area contributed by atoms with Crippen LogP contribution in [0.5, 0.6) is 5.75 Å². The first-order chi connectivity index (χ1) is 9.83. The van der Waals surface area contributed by atoms with E-state index in [1.807, 2.05) is 18.2 Å². The van der Waals surface area contributed by atoms with E-state index < -0.39 is 0 Å². The van der Waals surface area contributed by atoms with Gasteiger partial charge in [-0.1, -0.05) is 48.0 Å². The molecule has 1 fully saturated rings. The van der Waals surface area contributed by atoms with E-state index in [1.165, 1.54) is 36.0 Å². The summed E-state index contributed by atoms with van der Waals surface area (Å²) in [6.07, 6.45) is 3.90. The van der Waals surface area contributed by atoms with Gasteiger partial charge in [-0.3, -0.25) is 0 Å². The molecular weight excluding hydrogens is 244 g/mol. The second kappa shape index (κ2) is 5.96. The van der Waals surface area contributed by atoms with Gasteiger partial charge in [0.2, 0.25) is 0 Å². The lowest BCUT2D eigenvalue weighted by Crippen LogP contribution is -2.00. The van der Waals surface area contributed by atoms with Gasteiger partial charge in [0, 0.05) is 0 Å². The van der Waals surface area contributed by atoms with Gasteiger partial charge in [0.05, 0.1) is 0 Å². The van der Waals surface area contributed by atoms with E-state index in [0.29, 0.717) is 6.61 Å². The first-order valence-corrected chi connectivity index (χ1v) is 7.29. The van der Waals surface area contributed by atoms with Crippen LogP contribution in [0, 0.1) is 0 Å². The molecule has 1 aliphatic carbocycles. The third-order valence-corrected chi connectivity index (χ3v) is 4.02. The lowest BCUT2D eigenvalue weighted by molar-refractivity contribution is 0.306. The Bertz CT molecular complexity index is 587. The normalized spacial score (nSPS) is 13.8. The monoisotopic (exact) mass is 264 g/mol. The Morgan fingerprint density at radius 3 is 2.25 bits per heavy atom. The fourth-order valence-corrected chi connectivity index (χ4v) is 2.47. The Morgan fingerprint density at radius 2 is 1.65 bits per heavy atom. The highest BCUT2D eigenvalue weighted by Crippen LogP contribution is 2.33. The second-order valence-electron chi connectivity index (χ2n) is 5.38. The Kier molecular flexibility index (Phi) is 3.87. The van der Waals surface area contributed by atoms with Crippen molar-refractivity contribution in [2.75, 3.05) is 0 Å². The standard InChI is InChI=1S/C19H20O/c1-15(17-8-5-9-17)18-10-12-19(13-11-18)20-14-16-6-3-2-4-7-16/h2-4,6-7,10-13H,5,8-9,14H2,1H3. The van der Waals surface area contributed by atoms with E-state index in [-0.39, 0.29) is 0 Å². The average Bonchev–Trinajstić information content (AvgIpc) is 2.45. The van der Waals surface area contributed by atoms with Crippen molar-refractivity contribution >= 4 is 5.57 Å². The van der Waals surface area contributed by atoms with Crippen LogP contribution in [0.25, 0.3) is 5.57 Å². The first-order valence-electron chi connectivity index (χ1n) is 7.29. The third kappa shape index (κ3) is 2.93. The van der Waals surface area contributed by atoms with Crippen molar-refractivity contribution in [1.82, 2.24) is 0 Å². The smallest absolute Gasteiger partial charge is 0.119 e. The molecule has 1 heteroatoms. The van der Waals surface area contributed by atoms with E-state index in [2.05, 4.69) is 43.3 Å². The molecule has 0 radical (unpaired) electrons. The summed E-state index contributed by atoms with van der Waals surface area (Å²) >= 11 is 0. The van der Waals surface area contributed by atoms with Crippen molar-refractivity contribution < 1.29 is 4.74 Å². The number of ether oxygens (including phenoxy) is 1. The maximum Gasteiger partial charge on any atom is 0.119 e. The molecular formula is C19H20O. The van der Waals surface area contributed by atoms with Crippen LogP contribution in [0.3, 0.4) is 0 Å². The number of rotatable bonds is 4. The molecule has 0 atom stereocenters. The highest BCUT2D eigenvalue weighted by molar-refractivity contribution is 5.68. The zero-order valence-corrected chi connectivity index (χ0v) is 11.9. The van der Waals surface area contributed by atoms with Crippen molar-refractivity contribution in [2.45, 2.75) is 32.8 Å². The van der Waals surface area contributed by atoms with Gasteiger partial charge < -0.3 is 4.74 Å². The number of benzene rings is 2. The fraction of sp³-hybridized carbons (Fsp3) is 0.263. The van der Waals surface area contributed by atoms with Crippen LogP contribution in [0.4, 0.5) is 0 Å². The average molecular weight is 264 g/mol. The van der Waals surface area contributed by atoms with Crippen LogP contribution in [-0.2, 0) is 6.61 Å². The number of allylic oxidation sites excluding steroid dienone is 2. The molecule has 0 amide bonds. The molecule has 0 saturated heterocycles. The van der Waals surface area contributed by atoms with Gasteiger partial charge in [0.25, 0.3) is 0 Å². The SMILES string of the molecule is CC(=C1CCC1)c1ccc(OCc2ccccc2)cc1. The van der Waals surface area contributed by atoms with Gasteiger partial charge in [-0.05, 0) is 55.0 Å². The Labute approximate surface area is 120 Å². The zero-order valence-electron chi connectivity index (χ0n) is 11.9. The summed E-state index contributed by atoms with van der Waals surface area (Å²) < 4.78 is 5.81. The lowest BCUT2D eigenvalue weighted by Gasteiger charge is -2.20. The van der Waals surface area contributed by atoms with Crippen molar-refractivity contribution in [3.05, 3.63) is 71.3 Å². The molecule has 2 aromatic rings. The molecule has 1 nitrogen and oxygen atoms in total. The molecule has 0 unspecified atom stereocenters. The quantitative estimate of drug-likeness (QED) is 0.735. The van der Waals surface area contributed by atoms with E-state index in [4.69, 9.17) is 4.74 Å². The predicted molar refractivity (Wildman–Crippen MR) is 83.7 cm³/mol. The highest BCUT2D eigenvalue weighted by Gasteiger charge is 2.12. The molecule has 1 aliphatic rings. The van der Waals surface area contributed by atoms with E-state index >= 15 is 0 Å². The van der Waals surface area contributed by atoms with Crippen LogP contribution in [0.15, 0.2) is 60.2 Å². The summed E-state index contributed by atoms with van der Waals surface area (Å²) in [5.41, 5.74) is 5.59. The summed E-state index contributed by atoms with van der Waals surface area (Å²) in [4.78, 5) is 0. The minimum absolute atomic E-state index is 0.625. The fourth-order valence-electron chi connectivity index (χ4n) is 2.47. The summed E-state index contributed by atoms with van der Waals surface area (Å²) in [6.45, 7) is 2.86. The largest absolute Gasteiger partial charge is 0.489 e. The minimum Gasteiger partial charge on any atom is -0.489 e. The molecule has 0 heterocycles. The predicted octanol–water partition coefficient (Wildman–Crippen LogP) is 5.22. The molecule has 2 aromatic carbocycles. The molecule has 0 spiro atoms. The molecule has 0 N–H and O–H groups in total. The van der Waals surface area contributed by atoms with Crippen molar-refractivity contribution in [3.63, 3.8) is 0 Å². The molecule has 0 bridgehead atoms. The van der Waals surface area contributed by atoms with Crippen LogP contribution < -0.4 is 4.74 Å². The molecule has 0 aromatic heterocycles. The minimum atomic E-state index is 0.625. The number of hydrogen-bond acceptors (Lipinski definition) is 1. The molecule has 102 valence electrons. The molecule has 20 heavy (non-hydrogen) atoms. The Balaban J connectivity index is 1.64. The summed E-state index contributed by atoms with van der Waals surface area (Å²) in [5, 5.41) is 0. The first kappa shape index (κ1) is 13.0. The van der Waals surface area contributed by atoms with E-state index in [1.54, 1.807) is 5.57 Å². The van der Waals surface area contributed by atoms with Crippen molar-refractivity contribution in [3.8, 4) is 5.75 Å². The zero-order chi connectivity index (χ0) is 13.8. The van der Waals surface area contributed by atoms with Crippen LogP contribution in [-0.4, -0.2) is 0 Å². The van der Waals surface area contributed by atoms with Crippen LogP contribution >= 0.6 is 0 Å². The summed E-state index contributed by atoms with van der Waals surface area (Å²) in [7, 11) is 0. The highest BCUT2D eigenvalue weighted by atomic mass is 16.5. The molecule has 0 aliphatic heterocycles. The van der Waals surface area contributed by atoms with E-state index in [0.717, 1.165) is 5.75 Å². The van der Waals surface area contributed by atoms with Crippen molar-refractivity contribution in [2.24, 2.45) is 0 Å². The Hall–Kier alpha value is -2.02. The van der Waals surface area contributed by atoms with Gasteiger partial charge in [-0.25, -0.2) is 0 Å². The Morgan fingerprint density at radius 1 is 0.950 bits per heavy atom. The van der Waals surface area contributed by atoms with Crippen molar-refractivity contribution in [1.29, 1.82) is 0 Å². The maximum atomic E-state index is 5.81. The van der Waals surface area contributed by atoms with Gasteiger partial charge >= 0.3 is 0 Å². The lowest BCUT2D eigenvalue weighted by atomic mass is 9.86. The third-order valence-electron chi connectivity index (χ3n) is 4.02. The van der Waals surface area contributed by atoms with Gasteiger partial charge in [-0.15, -0.1) is 0 Å². The summed E-state index contributed by atoms with van der Waals surface area (Å²) in [6, 6.07) is 18.7. The second-order valence-corrected chi connectivity index (χ2v) is 5.38. The summed E-state index contributed by atoms with van der Waals surface area (Å²) in [5.74, 6) is 0.934. The van der Waals surface area contributed by atoms with Crippen LogP contribution in [0.2, 0.25) is 0 Å². The van der Waals surface area contributed by atoms with Gasteiger partial charge in [0.15, 0.2) is 0 Å².